The summed E-state index contributed by atoms with van der Waals surface area (Å²) in [6.07, 6.45) is 3.78. The first-order valence-electron chi connectivity index (χ1n) is 7.91. The Morgan fingerprint density at radius 1 is 1.18 bits per heavy atom. The number of aryl methyl sites for hydroxylation is 1. The summed E-state index contributed by atoms with van der Waals surface area (Å²) in [4.78, 5) is 4.29. The Morgan fingerprint density at radius 2 is 2.05 bits per heavy atom. The van der Waals surface area contributed by atoms with E-state index in [0.717, 1.165) is 25.2 Å². The van der Waals surface area contributed by atoms with Crippen LogP contribution in [0.25, 0.3) is 10.8 Å². The van der Waals surface area contributed by atoms with E-state index in [1.165, 1.54) is 16.3 Å². The largest absolute Gasteiger partial charge is 0.306 e. The van der Waals surface area contributed by atoms with Crippen molar-refractivity contribution in [3.8, 4) is 0 Å². The molecule has 0 aliphatic carbocycles. The average molecular weight is 292 g/mol. The van der Waals surface area contributed by atoms with Gasteiger partial charge < -0.3 is 5.32 Å². The lowest BCUT2D eigenvalue weighted by atomic mass is 9.98. The molecule has 0 fully saturated rings. The van der Waals surface area contributed by atoms with Crippen LogP contribution in [0.2, 0.25) is 0 Å². The van der Waals surface area contributed by atoms with Gasteiger partial charge in [-0.15, -0.1) is 0 Å². The molecule has 0 spiro atoms. The normalized spacial score (nSPS) is 19.0. The summed E-state index contributed by atoms with van der Waals surface area (Å²) >= 11 is 0. The van der Waals surface area contributed by atoms with Crippen LogP contribution in [-0.2, 0) is 13.0 Å². The molecule has 4 rings (SSSR count). The average Bonchev–Trinajstić information content (AvgIpc) is 3.02. The summed E-state index contributed by atoms with van der Waals surface area (Å²) in [6, 6.07) is 15.9. The molecule has 1 aromatic heterocycles. The van der Waals surface area contributed by atoms with E-state index in [0.29, 0.717) is 12.1 Å². The van der Waals surface area contributed by atoms with E-state index < -0.39 is 0 Å². The fourth-order valence-corrected chi connectivity index (χ4v) is 3.45. The molecule has 0 bridgehead atoms. The van der Waals surface area contributed by atoms with Gasteiger partial charge >= 0.3 is 0 Å². The fraction of sp³-hybridized carbons (Fsp3) is 0.333. The van der Waals surface area contributed by atoms with Crippen LogP contribution in [0.5, 0.6) is 0 Å². The summed E-state index contributed by atoms with van der Waals surface area (Å²) in [7, 11) is 0. The van der Waals surface area contributed by atoms with Crippen LogP contribution < -0.4 is 5.32 Å². The van der Waals surface area contributed by atoms with Gasteiger partial charge in [0.1, 0.15) is 12.2 Å². The number of hydrogen-bond donors (Lipinski definition) is 1. The standard InChI is InChI=1S/C18H20N4/c1-13(16-8-4-6-14-5-2-3-7-17(14)16)21-15-9-10-18-19-12-20-22(18)11-15/h2-8,12-13,15,21H,9-11H2,1H3. The Balaban J connectivity index is 1.56. The van der Waals surface area contributed by atoms with E-state index in [9.17, 15) is 0 Å². The molecule has 1 N–H and O–H groups in total. The molecule has 0 saturated carbocycles. The summed E-state index contributed by atoms with van der Waals surface area (Å²) in [5.74, 6) is 1.11. The topological polar surface area (TPSA) is 42.7 Å². The summed E-state index contributed by atoms with van der Waals surface area (Å²) < 4.78 is 2.02. The van der Waals surface area contributed by atoms with Crippen molar-refractivity contribution in [3.05, 3.63) is 60.2 Å². The van der Waals surface area contributed by atoms with Gasteiger partial charge in [-0.3, -0.25) is 0 Å². The first kappa shape index (κ1) is 13.5. The number of nitrogens with one attached hydrogen (secondary N) is 1. The summed E-state index contributed by atoms with van der Waals surface area (Å²) in [5, 5.41) is 10.7. The highest BCUT2D eigenvalue weighted by molar-refractivity contribution is 5.86. The van der Waals surface area contributed by atoms with Crippen molar-refractivity contribution in [2.45, 2.75) is 38.4 Å². The van der Waals surface area contributed by atoms with Gasteiger partial charge in [0, 0.05) is 18.5 Å². The summed E-state index contributed by atoms with van der Waals surface area (Å²) in [6.45, 7) is 3.16. The van der Waals surface area contributed by atoms with Crippen LogP contribution in [0.1, 0.15) is 30.8 Å². The number of hydrogen-bond acceptors (Lipinski definition) is 3. The zero-order valence-electron chi connectivity index (χ0n) is 12.7. The third-order valence-electron chi connectivity index (χ3n) is 4.58. The minimum Gasteiger partial charge on any atom is -0.306 e. The minimum absolute atomic E-state index is 0.321. The predicted octanol–water partition coefficient (Wildman–Crippen LogP) is 3.10. The van der Waals surface area contributed by atoms with E-state index in [4.69, 9.17) is 0 Å². The molecule has 1 aliphatic heterocycles. The smallest absolute Gasteiger partial charge is 0.138 e. The van der Waals surface area contributed by atoms with Crippen LogP contribution in [0, 0.1) is 0 Å². The second-order valence-corrected chi connectivity index (χ2v) is 6.05. The first-order valence-corrected chi connectivity index (χ1v) is 7.91. The second-order valence-electron chi connectivity index (χ2n) is 6.05. The predicted molar refractivity (Wildman–Crippen MR) is 87.6 cm³/mol. The molecule has 2 aromatic carbocycles. The molecule has 1 aliphatic rings. The Labute approximate surface area is 130 Å². The van der Waals surface area contributed by atoms with Gasteiger partial charge in [0.05, 0.1) is 6.54 Å². The Hall–Kier alpha value is -2.20. The van der Waals surface area contributed by atoms with Crippen LogP contribution in [-0.4, -0.2) is 20.8 Å². The molecule has 4 nitrogen and oxygen atoms in total. The highest BCUT2D eigenvalue weighted by Crippen LogP contribution is 2.25. The number of nitrogens with zero attached hydrogens (tertiary/aromatic N) is 3. The monoisotopic (exact) mass is 292 g/mol. The Bertz CT molecular complexity index is 787. The van der Waals surface area contributed by atoms with Crippen molar-refractivity contribution in [1.82, 2.24) is 20.1 Å². The van der Waals surface area contributed by atoms with Gasteiger partial charge in [0.2, 0.25) is 0 Å². The van der Waals surface area contributed by atoms with Crippen LogP contribution in [0.15, 0.2) is 48.8 Å². The van der Waals surface area contributed by atoms with Crippen molar-refractivity contribution in [3.63, 3.8) is 0 Å². The number of benzene rings is 2. The molecular weight excluding hydrogens is 272 g/mol. The third kappa shape index (κ3) is 2.40. The molecule has 4 heteroatoms. The second kappa shape index (κ2) is 5.54. The number of rotatable bonds is 3. The first-order chi connectivity index (χ1) is 10.8. The van der Waals surface area contributed by atoms with E-state index >= 15 is 0 Å². The minimum atomic E-state index is 0.321. The van der Waals surface area contributed by atoms with E-state index in [2.05, 4.69) is 64.8 Å². The number of aromatic nitrogens is 3. The lowest BCUT2D eigenvalue weighted by Crippen LogP contribution is -2.39. The number of fused-ring (bicyclic) bond motifs is 2. The Morgan fingerprint density at radius 3 is 3.00 bits per heavy atom. The lowest BCUT2D eigenvalue weighted by molar-refractivity contribution is 0.335. The third-order valence-corrected chi connectivity index (χ3v) is 4.58. The molecule has 3 aromatic rings. The van der Waals surface area contributed by atoms with Gasteiger partial charge in [0.15, 0.2) is 0 Å². The maximum absolute atomic E-state index is 4.30. The highest BCUT2D eigenvalue weighted by atomic mass is 15.3. The quantitative estimate of drug-likeness (QED) is 0.806. The van der Waals surface area contributed by atoms with Crippen LogP contribution >= 0.6 is 0 Å². The van der Waals surface area contributed by atoms with Gasteiger partial charge in [-0.25, -0.2) is 9.67 Å². The van der Waals surface area contributed by atoms with Crippen LogP contribution in [0.4, 0.5) is 0 Å². The van der Waals surface area contributed by atoms with Crippen molar-refractivity contribution >= 4 is 10.8 Å². The molecule has 2 atom stereocenters. The van der Waals surface area contributed by atoms with Gasteiger partial charge in [-0.1, -0.05) is 42.5 Å². The van der Waals surface area contributed by atoms with E-state index in [1.54, 1.807) is 6.33 Å². The van der Waals surface area contributed by atoms with E-state index in [1.807, 2.05) is 4.68 Å². The molecule has 22 heavy (non-hydrogen) atoms. The molecule has 112 valence electrons. The molecule has 2 heterocycles. The molecule has 0 radical (unpaired) electrons. The van der Waals surface area contributed by atoms with Crippen LogP contribution in [0.3, 0.4) is 0 Å². The van der Waals surface area contributed by atoms with Gasteiger partial charge in [-0.2, -0.15) is 5.10 Å². The zero-order valence-corrected chi connectivity index (χ0v) is 12.7. The lowest BCUT2D eigenvalue weighted by Gasteiger charge is -2.27. The van der Waals surface area contributed by atoms with Crippen molar-refractivity contribution < 1.29 is 0 Å². The molecular formula is C18H20N4. The highest BCUT2D eigenvalue weighted by Gasteiger charge is 2.21. The maximum Gasteiger partial charge on any atom is 0.138 e. The van der Waals surface area contributed by atoms with Gasteiger partial charge in [-0.05, 0) is 29.7 Å². The van der Waals surface area contributed by atoms with Crippen molar-refractivity contribution in [2.24, 2.45) is 0 Å². The molecule has 0 saturated heterocycles. The fourth-order valence-electron chi connectivity index (χ4n) is 3.45. The Kier molecular flexibility index (Phi) is 3.39. The van der Waals surface area contributed by atoms with Crippen molar-refractivity contribution in [1.29, 1.82) is 0 Å². The SMILES string of the molecule is CC(NC1CCc2ncnn2C1)c1cccc2ccccc12. The van der Waals surface area contributed by atoms with Crippen molar-refractivity contribution in [2.75, 3.05) is 0 Å². The van der Waals surface area contributed by atoms with Gasteiger partial charge in [0.25, 0.3) is 0 Å². The molecule has 0 amide bonds. The van der Waals surface area contributed by atoms with E-state index in [-0.39, 0.29) is 0 Å². The summed E-state index contributed by atoms with van der Waals surface area (Å²) in [5.41, 5.74) is 1.36. The zero-order chi connectivity index (χ0) is 14.9. The molecule has 2 unspecified atom stereocenters. The maximum atomic E-state index is 4.30.